The highest BCUT2D eigenvalue weighted by Crippen LogP contribution is 2.31. The molecule has 198 valence electrons. The molecule has 0 saturated carbocycles. The van der Waals surface area contributed by atoms with Crippen molar-refractivity contribution in [1.82, 2.24) is 10.6 Å². The monoisotopic (exact) mass is 526 g/mol. The summed E-state index contributed by atoms with van der Waals surface area (Å²) in [5, 5.41) is 5.20. The molecule has 2 rings (SSSR count). The summed E-state index contributed by atoms with van der Waals surface area (Å²) in [5.41, 5.74) is -1.63. The fourth-order valence-corrected chi connectivity index (χ4v) is 4.48. The summed E-state index contributed by atoms with van der Waals surface area (Å²) >= 11 is 1.37. The largest absolute Gasteiger partial charge is 0.468 e. The third-order valence-electron chi connectivity index (χ3n) is 5.43. The van der Waals surface area contributed by atoms with Crippen molar-refractivity contribution in [3.8, 4) is 0 Å². The normalized spacial score (nSPS) is 13.3. The Morgan fingerprint density at radius 3 is 2.36 bits per heavy atom. The maximum absolute atomic E-state index is 13.4. The summed E-state index contributed by atoms with van der Waals surface area (Å²) in [6.07, 6.45) is -0.998. The Balaban J connectivity index is 2.11. The van der Waals surface area contributed by atoms with Crippen molar-refractivity contribution in [2.75, 3.05) is 5.75 Å². The summed E-state index contributed by atoms with van der Waals surface area (Å²) in [5.74, 6) is -0.368. The standard InChI is InChI=1S/C26H33F3N2O4S/c1-4-5-12-21(23(32)16-36-15-18-9-8-13-35-18)30-25(34)22(14-17(2)3)31-24(33)19-10-6-7-11-20(19)26(27,28)29/h6-11,13,17,21-22H,4-5,12,14-16H2,1-3H3,(H,30,34)(H,31,33)/t21-,22-/m0/s1. The Hall–Kier alpha value is -2.75. The SMILES string of the molecule is CCCC[C@H](NC(=O)[C@H](CC(C)C)NC(=O)c1ccccc1C(F)(F)F)C(=O)CSCc1ccco1. The molecule has 36 heavy (non-hydrogen) atoms. The Kier molecular flexibility index (Phi) is 11.6. The molecular formula is C26H33F3N2O4S. The lowest BCUT2D eigenvalue weighted by Crippen LogP contribution is -2.52. The molecule has 0 aliphatic carbocycles. The highest BCUT2D eigenvalue weighted by atomic mass is 32.2. The van der Waals surface area contributed by atoms with Crippen LogP contribution in [0.1, 0.15) is 68.1 Å². The fraction of sp³-hybridized carbons (Fsp3) is 0.500. The van der Waals surface area contributed by atoms with Gasteiger partial charge in [0.1, 0.15) is 11.8 Å². The van der Waals surface area contributed by atoms with Gasteiger partial charge in [0.05, 0.1) is 34.9 Å². The summed E-state index contributed by atoms with van der Waals surface area (Å²) in [7, 11) is 0. The molecule has 2 amide bonds. The van der Waals surface area contributed by atoms with Crippen LogP contribution in [0, 0.1) is 5.92 Å². The number of thioether (sulfide) groups is 1. The first-order valence-corrected chi connectivity index (χ1v) is 13.1. The van der Waals surface area contributed by atoms with Crippen molar-refractivity contribution in [2.24, 2.45) is 5.92 Å². The van der Waals surface area contributed by atoms with Gasteiger partial charge in [-0.25, -0.2) is 0 Å². The van der Waals surface area contributed by atoms with Crippen LogP contribution in [0.4, 0.5) is 13.2 Å². The molecule has 10 heteroatoms. The molecule has 1 heterocycles. The molecule has 2 aromatic rings. The van der Waals surface area contributed by atoms with Gasteiger partial charge in [0.15, 0.2) is 5.78 Å². The van der Waals surface area contributed by atoms with E-state index in [1.165, 1.54) is 23.9 Å². The molecule has 0 spiro atoms. The van der Waals surface area contributed by atoms with E-state index in [1.807, 2.05) is 26.8 Å². The third-order valence-corrected chi connectivity index (χ3v) is 6.40. The number of alkyl halides is 3. The molecule has 0 radical (unpaired) electrons. The van der Waals surface area contributed by atoms with E-state index in [0.29, 0.717) is 18.6 Å². The predicted octanol–water partition coefficient (Wildman–Crippen LogP) is 5.62. The van der Waals surface area contributed by atoms with Crippen LogP contribution < -0.4 is 10.6 Å². The Morgan fingerprint density at radius 1 is 1.03 bits per heavy atom. The first-order chi connectivity index (χ1) is 17.0. The average Bonchev–Trinajstić information content (AvgIpc) is 3.33. The Bertz CT molecular complexity index is 993. The lowest BCUT2D eigenvalue weighted by Gasteiger charge is -2.24. The number of hydrogen-bond acceptors (Lipinski definition) is 5. The number of furan rings is 1. The van der Waals surface area contributed by atoms with Gasteiger partial charge in [0.25, 0.3) is 5.91 Å². The minimum Gasteiger partial charge on any atom is -0.468 e. The smallest absolute Gasteiger partial charge is 0.417 e. The highest BCUT2D eigenvalue weighted by molar-refractivity contribution is 7.99. The van der Waals surface area contributed by atoms with Crippen molar-refractivity contribution in [1.29, 1.82) is 0 Å². The van der Waals surface area contributed by atoms with Gasteiger partial charge in [-0.05, 0) is 43.0 Å². The minimum atomic E-state index is -4.71. The molecule has 1 aromatic carbocycles. The highest BCUT2D eigenvalue weighted by Gasteiger charge is 2.36. The van der Waals surface area contributed by atoms with Crippen LogP contribution in [-0.2, 0) is 21.5 Å². The summed E-state index contributed by atoms with van der Waals surface area (Å²) < 4.78 is 45.4. The predicted molar refractivity (Wildman–Crippen MR) is 133 cm³/mol. The second-order valence-electron chi connectivity index (χ2n) is 8.94. The molecule has 0 saturated heterocycles. The van der Waals surface area contributed by atoms with Crippen LogP contribution in [0.3, 0.4) is 0 Å². The third kappa shape index (κ3) is 9.37. The zero-order chi connectivity index (χ0) is 26.7. The van der Waals surface area contributed by atoms with E-state index in [0.717, 1.165) is 24.3 Å². The molecule has 2 atom stereocenters. The van der Waals surface area contributed by atoms with Crippen molar-refractivity contribution >= 4 is 29.4 Å². The molecule has 0 aliphatic heterocycles. The number of Topliss-reactive ketones (excluding diaryl/α,β-unsaturated/α-hetero) is 1. The van der Waals surface area contributed by atoms with Gasteiger partial charge in [-0.2, -0.15) is 13.2 Å². The number of unbranched alkanes of at least 4 members (excludes halogenated alkanes) is 1. The van der Waals surface area contributed by atoms with Gasteiger partial charge in [0.2, 0.25) is 5.91 Å². The number of carbonyl (C=O) groups is 3. The van der Waals surface area contributed by atoms with E-state index in [9.17, 15) is 27.6 Å². The molecule has 0 aliphatic rings. The number of nitrogens with one attached hydrogen (secondary N) is 2. The first kappa shape index (κ1) is 29.5. The lowest BCUT2D eigenvalue weighted by atomic mass is 10.00. The van der Waals surface area contributed by atoms with Gasteiger partial charge in [-0.3, -0.25) is 14.4 Å². The second-order valence-corrected chi connectivity index (χ2v) is 9.93. The number of amides is 2. The maximum Gasteiger partial charge on any atom is 0.417 e. The number of ketones is 1. The fourth-order valence-electron chi connectivity index (χ4n) is 3.61. The van der Waals surface area contributed by atoms with Gasteiger partial charge >= 0.3 is 6.18 Å². The first-order valence-electron chi connectivity index (χ1n) is 11.9. The molecule has 0 unspecified atom stereocenters. The summed E-state index contributed by atoms with van der Waals surface area (Å²) in [6.45, 7) is 5.64. The van der Waals surface area contributed by atoms with Crippen molar-refractivity contribution in [2.45, 2.75) is 70.5 Å². The molecule has 1 aromatic heterocycles. The summed E-state index contributed by atoms with van der Waals surface area (Å²) in [6, 6.07) is 6.16. The molecule has 0 bridgehead atoms. The van der Waals surface area contributed by atoms with E-state index in [4.69, 9.17) is 4.42 Å². The van der Waals surface area contributed by atoms with Crippen molar-refractivity contribution < 1.29 is 32.0 Å². The van der Waals surface area contributed by atoms with Crippen LogP contribution >= 0.6 is 11.8 Å². The van der Waals surface area contributed by atoms with E-state index in [2.05, 4.69) is 10.6 Å². The quantitative estimate of drug-likeness (QED) is 0.334. The number of benzene rings is 1. The molecule has 0 fully saturated rings. The maximum atomic E-state index is 13.4. The zero-order valence-corrected chi connectivity index (χ0v) is 21.5. The van der Waals surface area contributed by atoms with Crippen LogP contribution in [0.2, 0.25) is 0 Å². The number of halogens is 3. The van der Waals surface area contributed by atoms with Crippen molar-refractivity contribution in [3.05, 3.63) is 59.5 Å². The second kappa shape index (κ2) is 14.1. The molecular weight excluding hydrogens is 493 g/mol. The number of rotatable bonds is 14. The van der Waals surface area contributed by atoms with Crippen molar-refractivity contribution in [3.63, 3.8) is 0 Å². The van der Waals surface area contributed by atoms with E-state index < -0.39 is 41.2 Å². The average molecular weight is 527 g/mol. The van der Waals surface area contributed by atoms with Gasteiger partial charge in [-0.1, -0.05) is 45.7 Å². The van der Waals surface area contributed by atoms with E-state index in [-0.39, 0.29) is 23.9 Å². The number of carbonyl (C=O) groups excluding carboxylic acids is 3. The van der Waals surface area contributed by atoms with Crippen LogP contribution in [0.15, 0.2) is 47.1 Å². The lowest BCUT2D eigenvalue weighted by molar-refractivity contribution is -0.138. The van der Waals surface area contributed by atoms with Crippen LogP contribution in [0.5, 0.6) is 0 Å². The topological polar surface area (TPSA) is 88.4 Å². The summed E-state index contributed by atoms with van der Waals surface area (Å²) in [4.78, 5) is 38.8. The molecule has 2 N–H and O–H groups in total. The van der Waals surface area contributed by atoms with Gasteiger partial charge in [0, 0.05) is 0 Å². The molecule has 6 nitrogen and oxygen atoms in total. The zero-order valence-electron chi connectivity index (χ0n) is 20.7. The Morgan fingerprint density at radius 2 is 1.75 bits per heavy atom. The van der Waals surface area contributed by atoms with Crippen LogP contribution in [0.25, 0.3) is 0 Å². The number of hydrogen-bond donors (Lipinski definition) is 2. The minimum absolute atomic E-state index is 0.0347. The van der Waals surface area contributed by atoms with Gasteiger partial charge in [-0.15, -0.1) is 11.8 Å². The van der Waals surface area contributed by atoms with E-state index in [1.54, 1.807) is 12.3 Å². The van der Waals surface area contributed by atoms with Gasteiger partial charge < -0.3 is 15.1 Å². The van der Waals surface area contributed by atoms with Crippen LogP contribution in [-0.4, -0.2) is 35.4 Å². The Labute approximate surface area is 213 Å². The van der Waals surface area contributed by atoms with E-state index >= 15 is 0 Å².